The van der Waals surface area contributed by atoms with E-state index in [-0.39, 0.29) is 12.0 Å². The Bertz CT molecular complexity index is 468. The van der Waals surface area contributed by atoms with Crippen LogP contribution in [-0.2, 0) is 16.0 Å². The van der Waals surface area contributed by atoms with E-state index in [0.717, 1.165) is 10.2 Å². The van der Waals surface area contributed by atoms with E-state index in [0.29, 0.717) is 31.9 Å². The molecule has 19 heavy (non-hydrogen) atoms. The highest BCUT2D eigenvalue weighted by Crippen LogP contribution is 2.17. The van der Waals surface area contributed by atoms with Crippen LogP contribution < -0.4 is 5.69 Å². The molecule has 0 spiro atoms. The van der Waals surface area contributed by atoms with Crippen LogP contribution in [0, 0.1) is 13.8 Å². The molecular formula is C13H21BrN2O3. The van der Waals surface area contributed by atoms with Crippen LogP contribution in [0.25, 0.3) is 0 Å². The van der Waals surface area contributed by atoms with E-state index in [1.54, 1.807) is 4.57 Å². The van der Waals surface area contributed by atoms with E-state index in [1.807, 2.05) is 27.7 Å². The highest BCUT2D eigenvalue weighted by Gasteiger charge is 2.12. The fourth-order valence-electron chi connectivity index (χ4n) is 1.86. The molecule has 0 N–H and O–H groups in total. The summed E-state index contributed by atoms with van der Waals surface area (Å²) in [6.45, 7) is 9.27. The Labute approximate surface area is 122 Å². The topological polar surface area (TPSA) is 53.4 Å². The predicted molar refractivity (Wildman–Crippen MR) is 77.3 cm³/mol. The van der Waals surface area contributed by atoms with Gasteiger partial charge >= 0.3 is 5.69 Å². The van der Waals surface area contributed by atoms with Crippen molar-refractivity contribution in [1.82, 2.24) is 9.55 Å². The fraction of sp³-hybridized carbons (Fsp3) is 0.692. The summed E-state index contributed by atoms with van der Waals surface area (Å²) in [6.07, 6.45) is 0.348. The van der Waals surface area contributed by atoms with Crippen LogP contribution in [0.3, 0.4) is 0 Å². The number of ether oxygens (including phenoxy) is 2. The summed E-state index contributed by atoms with van der Waals surface area (Å²) in [5.74, 6) is 0. The molecule has 0 aliphatic heterocycles. The van der Waals surface area contributed by atoms with E-state index in [4.69, 9.17) is 9.47 Å². The van der Waals surface area contributed by atoms with Gasteiger partial charge < -0.3 is 9.47 Å². The molecule has 1 aromatic heterocycles. The minimum atomic E-state index is -0.277. The van der Waals surface area contributed by atoms with E-state index in [1.165, 1.54) is 0 Å². The third-order valence-electron chi connectivity index (χ3n) is 2.83. The van der Waals surface area contributed by atoms with Crippen molar-refractivity contribution < 1.29 is 9.47 Å². The van der Waals surface area contributed by atoms with Crippen molar-refractivity contribution in [1.29, 1.82) is 0 Å². The molecule has 0 aliphatic carbocycles. The Hall–Kier alpha value is -0.720. The van der Waals surface area contributed by atoms with Crippen LogP contribution >= 0.6 is 15.9 Å². The van der Waals surface area contributed by atoms with Crippen LogP contribution in [0.5, 0.6) is 0 Å². The zero-order valence-corrected chi connectivity index (χ0v) is 13.5. The van der Waals surface area contributed by atoms with Crippen molar-refractivity contribution in [2.45, 2.75) is 47.0 Å². The normalized spacial score (nSPS) is 11.3. The Balaban J connectivity index is 2.82. The van der Waals surface area contributed by atoms with Gasteiger partial charge in [0, 0.05) is 31.9 Å². The molecule has 0 radical (unpaired) electrons. The highest BCUT2D eigenvalue weighted by molar-refractivity contribution is 9.10. The van der Waals surface area contributed by atoms with Gasteiger partial charge in [-0.3, -0.25) is 4.57 Å². The summed E-state index contributed by atoms with van der Waals surface area (Å²) in [4.78, 5) is 15.9. The van der Waals surface area contributed by atoms with Crippen LogP contribution in [0.15, 0.2) is 9.27 Å². The number of rotatable bonds is 7. The van der Waals surface area contributed by atoms with Crippen LogP contribution in [0.4, 0.5) is 0 Å². The average Bonchev–Trinajstić information content (AvgIpc) is 2.36. The number of halogens is 1. The number of hydrogen-bond acceptors (Lipinski definition) is 4. The number of aryl methyl sites for hydroxylation is 1. The quantitative estimate of drug-likeness (QED) is 0.719. The molecule has 0 aliphatic rings. The van der Waals surface area contributed by atoms with Crippen molar-refractivity contribution in [3.05, 3.63) is 26.3 Å². The molecule has 0 amide bonds. The zero-order chi connectivity index (χ0) is 14.4. The van der Waals surface area contributed by atoms with Crippen molar-refractivity contribution >= 4 is 15.9 Å². The lowest BCUT2D eigenvalue weighted by Crippen LogP contribution is -2.29. The molecule has 6 heteroatoms. The summed E-state index contributed by atoms with van der Waals surface area (Å²) >= 11 is 3.45. The lowest BCUT2D eigenvalue weighted by atomic mass is 10.3. The van der Waals surface area contributed by atoms with E-state index in [2.05, 4.69) is 20.9 Å². The maximum Gasteiger partial charge on any atom is 0.348 e. The predicted octanol–water partition coefficient (Wildman–Crippen LogP) is 2.41. The first-order valence-corrected chi connectivity index (χ1v) is 7.27. The molecule has 1 heterocycles. The molecule has 0 atom stereocenters. The summed E-state index contributed by atoms with van der Waals surface area (Å²) < 4.78 is 13.4. The first-order valence-electron chi connectivity index (χ1n) is 6.47. The van der Waals surface area contributed by atoms with Gasteiger partial charge in [0.1, 0.15) is 0 Å². The van der Waals surface area contributed by atoms with Gasteiger partial charge in [-0.25, -0.2) is 4.79 Å². The lowest BCUT2D eigenvalue weighted by molar-refractivity contribution is -0.141. The summed E-state index contributed by atoms with van der Waals surface area (Å²) in [7, 11) is 0. The second-order valence-corrected chi connectivity index (χ2v) is 4.95. The van der Waals surface area contributed by atoms with Gasteiger partial charge in [0.2, 0.25) is 0 Å². The third-order valence-corrected chi connectivity index (χ3v) is 3.98. The monoisotopic (exact) mass is 332 g/mol. The molecule has 0 saturated heterocycles. The molecule has 108 valence electrons. The summed E-state index contributed by atoms with van der Waals surface area (Å²) in [5.41, 5.74) is 1.36. The van der Waals surface area contributed by atoms with Gasteiger partial charge in [-0.2, -0.15) is 4.98 Å². The van der Waals surface area contributed by atoms with Crippen molar-refractivity contribution in [3.8, 4) is 0 Å². The number of nitrogens with zero attached hydrogens (tertiary/aromatic N) is 2. The van der Waals surface area contributed by atoms with E-state index in [9.17, 15) is 4.79 Å². The molecule has 0 unspecified atom stereocenters. The standard InChI is InChI=1S/C13H21BrN2O3/c1-5-18-11(19-6-2)7-8-16-10(4)12(14)9(3)15-13(16)17/h11H,5-8H2,1-4H3. The van der Waals surface area contributed by atoms with Gasteiger partial charge in [-0.05, 0) is 43.6 Å². The van der Waals surface area contributed by atoms with Crippen molar-refractivity contribution in [2.24, 2.45) is 0 Å². The Kier molecular flexibility index (Phi) is 6.68. The average molecular weight is 333 g/mol. The Morgan fingerprint density at radius 2 is 1.84 bits per heavy atom. The third kappa shape index (κ3) is 4.40. The maximum absolute atomic E-state index is 11.9. The number of hydrogen-bond donors (Lipinski definition) is 0. The summed E-state index contributed by atoms with van der Waals surface area (Å²) in [6, 6.07) is 0. The Morgan fingerprint density at radius 1 is 1.26 bits per heavy atom. The zero-order valence-electron chi connectivity index (χ0n) is 11.9. The molecule has 0 aromatic carbocycles. The number of aromatic nitrogens is 2. The maximum atomic E-state index is 11.9. The molecular weight excluding hydrogens is 312 g/mol. The minimum Gasteiger partial charge on any atom is -0.353 e. The van der Waals surface area contributed by atoms with Gasteiger partial charge in [0.15, 0.2) is 6.29 Å². The Morgan fingerprint density at radius 3 is 2.37 bits per heavy atom. The fourth-order valence-corrected chi connectivity index (χ4v) is 2.16. The van der Waals surface area contributed by atoms with Crippen LogP contribution in [0.1, 0.15) is 31.7 Å². The van der Waals surface area contributed by atoms with Crippen molar-refractivity contribution in [2.75, 3.05) is 13.2 Å². The highest BCUT2D eigenvalue weighted by atomic mass is 79.9. The smallest absolute Gasteiger partial charge is 0.348 e. The molecule has 5 nitrogen and oxygen atoms in total. The first-order chi connectivity index (χ1) is 9.01. The van der Waals surface area contributed by atoms with Gasteiger partial charge in [0.25, 0.3) is 0 Å². The second-order valence-electron chi connectivity index (χ2n) is 4.16. The van der Waals surface area contributed by atoms with Gasteiger partial charge in [-0.15, -0.1) is 0 Å². The van der Waals surface area contributed by atoms with Crippen LogP contribution in [0.2, 0.25) is 0 Å². The van der Waals surface area contributed by atoms with Gasteiger partial charge in [-0.1, -0.05) is 0 Å². The molecule has 0 bridgehead atoms. The van der Waals surface area contributed by atoms with Gasteiger partial charge in [0.05, 0.1) is 10.2 Å². The van der Waals surface area contributed by atoms with E-state index >= 15 is 0 Å². The van der Waals surface area contributed by atoms with Crippen LogP contribution in [-0.4, -0.2) is 29.1 Å². The summed E-state index contributed by atoms with van der Waals surface area (Å²) in [5, 5.41) is 0. The largest absolute Gasteiger partial charge is 0.353 e. The molecule has 1 rings (SSSR count). The minimum absolute atomic E-state index is 0.232. The molecule has 1 aromatic rings. The molecule has 0 fully saturated rings. The van der Waals surface area contributed by atoms with Crippen molar-refractivity contribution in [3.63, 3.8) is 0 Å². The molecule has 0 saturated carbocycles. The SMILES string of the molecule is CCOC(CCn1c(C)c(Br)c(C)nc1=O)OCC. The lowest BCUT2D eigenvalue weighted by Gasteiger charge is -2.18. The first kappa shape index (κ1) is 16.3. The second kappa shape index (κ2) is 7.77. The van der Waals surface area contributed by atoms with E-state index < -0.39 is 0 Å².